The fourth-order valence-corrected chi connectivity index (χ4v) is 1.70. The van der Waals surface area contributed by atoms with Crippen LogP contribution < -0.4 is 5.56 Å². The van der Waals surface area contributed by atoms with E-state index in [1.54, 1.807) is 12.0 Å². The van der Waals surface area contributed by atoms with Gasteiger partial charge in [-0.05, 0) is 19.9 Å². The van der Waals surface area contributed by atoms with E-state index in [0.717, 1.165) is 0 Å². The lowest BCUT2D eigenvalue weighted by molar-refractivity contribution is 0.0579. The minimum atomic E-state index is -0.213. The Morgan fingerprint density at radius 3 is 2.71 bits per heavy atom. The van der Waals surface area contributed by atoms with E-state index in [-0.39, 0.29) is 17.5 Å². The summed E-state index contributed by atoms with van der Waals surface area (Å²) in [4.78, 5) is 27.3. The highest BCUT2D eigenvalue weighted by molar-refractivity contribution is 5.94. The fourth-order valence-electron chi connectivity index (χ4n) is 1.70. The molecule has 1 N–H and O–H groups in total. The van der Waals surface area contributed by atoms with E-state index in [1.807, 2.05) is 13.8 Å². The average molecular weight is 238 g/mol. The number of nitrogens with zero attached hydrogens (tertiary/aromatic N) is 1. The van der Waals surface area contributed by atoms with Crippen LogP contribution in [0.1, 0.15) is 24.2 Å². The number of aromatic amines is 1. The highest BCUT2D eigenvalue weighted by Gasteiger charge is 2.19. The predicted molar refractivity (Wildman–Crippen MR) is 65.1 cm³/mol. The number of carbonyl (C=O) groups excluding carboxylic acids is 1. The lowest BCUT2D eigenvalue weighted by Crippen LogP contribution is -2.41. The summed E-state index contributed by atoms with van der Waals surface area (Å²) in [5.41, 5.74) is 0.268. The summed E-state index contributed by atoms with van der Waals surface area (Å²) in [6, 6.07) is 2.88. The molecule has 1 heterocycles. The zero-order valence-corrected chi connectivity index (χ0v) is 10.4. The van der Waals surface area contributed by atoms with E-state index in [4.69, 9.17) is 4.74 Å². The van der Waals surface area contributed by atoms with Crippen molar-refractivity contribution in [2.75, 3.05) is 20.3 Å². The zero-order chi connectivity index (χ0) is 12.8. The summed E-state index contributed by atoms with van der Waals surface area (Å²) in [6.45, 7) is 4.93. The molecule has 0 aliphatic heterocycles. The SMILES string of the molecule is CCN(C(=O)c1ccc(=O)[nH]c1)C(C)COC. The number of H-pyrrole nitrogens is 1. The van der Waals surface area contributed by atoms with Crippen LogP contribution in [0.4, 0.5) is 0 Å². The number of rotatable bonds is 5. The first-order valence-corrected chi connectivity index (χ1v) is 5.58. The van der Waals surface area contributed by atoms with Crippen molar-refractivity contribution in [2.24, 2.45) is 0 Å². The molecule has 1 atom stereocenters. The monoisotopic (exact) mass is 238 g/mol. The fraction of sp³-hybridized carbons (Fsp3) is 0.500. The van der Waals surface area contributed by atoms with E-state index in [1.165, 1.54) is 18.3 Å². The second kappa shape index (κ2) is 6.20. The number of hydrogen-bond acceptors (Lipinski definition) is 3. The number of carbonyl (C=O) groups is 1. The molecule has 0 aliphatic rings. The highest BCUT2D eigenvalue weighted by Crippen LogP contribution is 2.06. The maximum absolute atomic E-state index is 12.2. The van der Waals surface area contributed by atoms with Gasteiger partial charge in [-0.2, -0.15) is 0 Å². The second-order valence-electron chi connectivity index (χ2n) is 3.84. The minimum absolute atomic E-state index is 0.00410. The van der Waals surface area contributed by atoms with Gasteiger partial charge < -0.3 is 14.6 Å². The Morgan fingerprint density at radius 1 is 1.53 bits per heavy atom. The number of pyridine rings is 1. The number of aromatic nitrogens is 1. The molecule has 0 aromatic carbocycles. The molecule has 1 aromatic rings. The first-order valence-electron chi connectivity index (χ1n) is 5.58. The van der Waals surface area contributed by atoms with Gasteiger partial charge in [-0.1, -0.05) is 0 Å². The molecule has 0 radical (unpaired) electrons. The third-order valence-corrected chi connectivity index (χ3v) is 2.57. The molecule has 1 amide bonds. The molecule has 1 rings (SSSR count). The van der Waals surface area contributed by atoms with Gasteiger partial charge in [0.1, 0.15) is 0 Å². The van der Waals surface area contributed by atoms with Crippen molar-refractivity contribution < 1.29 is 9.53 Å². The number of hydrogen-bond donors (Lipinski definition) is 1. The van der Waals surface area contributed by atoms with Gasteiger partial charge in [-0.15, -0.1) is 0 Å². The molecule has 0 bridgehead atoms. The van der Waals surface area contributed by atoms with Crippen LogP contribution in [-0.4, -0.2) is 42.1 Å². The summed E-state index contributed by atoms with van der Waals surface area (Å²) >= 11 is 0. The number of likely N-dealkylation sites (N-methyl/N-ethyl adjacent to an activating group) is 1. The molecular weight excluding hydrogens is 220 g/mol. The lowest BCUT2D eigenvalue weighted by atomic mass is 10.2. The molecule has 0 saturated heterocycles. The van der Waals surface area contributed by atoms with Gasteiger partial charge in [-0.3, -0.25) is 9.59 Å². The molecular formula is C12H18N2O3. The molecule has 0 aliphatic carbocycles. The third-order valence-electron chi connectivity index (χ3n) is 2.57. The van der Waals surface area contributed by atoms with Crippen LogP contribution in [0.25, 0.3) is 0 Å². The zero-order valence-electron chi connectivity index (χ0n) is 10.4. The number of methoxy groups -OCH3 is 1. The Labute approximate surface area is 100 Å². The van der Waals surface area contributed by atoms with Crippen LogP contribution in [0, 0.1) is 0 Å². The van der Waals surface area contributed by atoms with Gasteiger partial charge in [0.15, 0.2) is 0 Å². The number of nitrogens with one attached hydrogen (secondary N) is 1. The van der Waals surface area contributed by atoms with Crippen LogP contribution in [0.5, 0.6) is 0 Å². The van der Waals surface area contributed by atoms with E-state index < -0.39 is 0 Å². The maximum Gasteiger partial charge on any atom is 0.255 e. The summed E-state index contributed by atoms with van der Waals surface area (Å²) < 4.78 is 5.04. The Bertz CT molecular complexity index is 408. The van der Waals surface area contributed by atoms with Crippen molar-refractivity contribution in [1.29, 1.82) is 0 Å². The number of ether oxygens (including phenoxy) is 1. The van der Waals surface area contributed by atoms with Gasteiger partial charge in [0.25, 0.3) is 5.91 Å². The van der Waals surface area contributed by atoms with Crippen molar-refractivity contribution in [3.63, 3.8) is 0 Å². The molecule has 17 heavy (non-hydrogen) atoms. The maximum atomic E-state index is 12.2. The largest absolute Gasteiger partial charge is 0.383 e. The van der Waals surface area contributed by atoms with Gasteiger partial charge >= 0.3 is 0 Å². The standard InChI is InChI=1S/C12H18N2O3/c1-4-14(9(2)8-17-3)12(16)10-5-6-11(15)13-7-10/h5-7,9H,4,8H2,1-3H3,(H,13,15). The van der Waals surface area contributed by atoms with Crippen molar-refractivity contribution in [1.82, 2.24) is 9.88 Å². The molecule has 94 valence electrons. The Hall–Kier alpha value is -1.62. The highest BCUT2D eigenvalue weighted by atomic mass is 16.5. The van der Waals surface area contributed by atoms with E-state index >= 15 is 0 Å². The minimum Gasteiger partial charge on any atom is -0.383 e. The summed E-state index contributed by atoms with van der Waals surface area (Å²) in [7, 11) is 1.61. The first-order chi connectivity index (χ1) is 8.10. The van der Waals surface area contributed by atoms with Crippen LogP contribution >= 0.6 is 0 Å². The summed E-state index contributed by atoms with van der Waals surface area (Å²) in [5.74, 6) is -0.103. The smallest absolute Gasteiger partial charge is 0.255 e. The van der Waals surface area contributed by atoms with Crippen molar-refractivity contribution in [3.8, 4) is 0 Å². The van der Waals surface area contributed by atoms with Gasteiger partial charge in [0.2, 0.25) is 5.56 Å². The van der Waals surface area contributed by atoms with Crippen LogP contribution in [0.2, 0.25) is 0 Å². The summed E-state index contributed by atoms with van der Waals surface area (Å²) in [6.07, 6.45) is 1.44. The van der Waals surface area contributed by atoms with Crippen LogP contribution in [0.3, 0.4) is 0 Å². The average Bonchev–Trinajstić information content (AvgIpc) is 2.31. The molecule has 0 spiro atoms. The predicted octanol–water partition coefficient (Wildman–Crippen LogP) is 0.872. The van der Waals surface area contributed by atoms with Crippen LogP contribution in [-0.2, 0) is 4.74 Å². The molecule has 5 nitrogen and oxygen atoms in total. The van der Waals surface area contributed by atoms with Crippen molar-refractivity contribution >= 4 is 5.91 Å². The molecule has 1 aromatic heterocycles. The first kappa shape index (κ1) is 13.4. The Morgan fingerprint density at radius 2 is 2.24 bits per heavy atom. The van der Waals surface area contributed by atoms with Crippen molar-refractivity contribution in [3.05, 3.63) is 34.2 Å². The topological polar surface area (TPSA) is 62.4 Å². The van der Waals surface area contributed by atoms with Crippen LogP contribution in [0.15, 0.2) is 23.1 Å². The molecule has 5 heteroatoms. The normalized spacial score (nSPS) is 12.2. The molecule has 0 fully saturated rings. The van der Waals surface area contributed by atoms with Crippen molar-refractivity contribution in [2.45, 2.75) is 19.9 Å². The number of amides is 1. The third kappa shape index (κ3) is 3.42. The van der Waals surface area contributed by atoms with E-state index in [2.05, 4.69) is 4.98 Å². The van der Waals surface area contributed by atoms with Gasteiger partial charge in [0, 0.05) is 25.9 Å². The Kier molecular flexibility index (Phi) is 4.90. The summed E-state index contributed by atoms with van der Waals surface area (Å²) in [5, 5.41) is 0. The quantitative estimate of drug-likeness (QED) is 0.828. The van der Waals surface area contributed by atoms with Gasteiger partial charge in [-0.25, -0.2) is 0 Å². The lowest BCUT2D eigenvalue weighted by Gasteiger charge is -2.27. The van der Waals surface area contributed by atoms with E-state index in [0.29, 0.717) is 18.7 Å². The van der Waals surface area contributed by atoms with Gasteiger partial charge in [0.05, 0.1) is 18.2 Å². The second-order valence-corrected chi connectivity index (χ2v) is 3.84. The molecule has 1 unspecified atom stereocenters. The molecule has 0 saturated carbocycles. The van der Waals surface area contributed by atoms with E-state index in [9.17, 15) is 9.59 Å². The Balaban J connectivity index is 2.85.